The molecule has 0 fully saturated rings. The second-order valence-electron chi connectivity index (χ2n) is 5.49. The second-order valence-corrected chi connectivity index (χ2v) is 7.02. The molecule has 4 aromatic rings. The van der Waals surface area contributed by atoms with Crippen molar-refractivity contribution >= 4 is 29.0 Å². The lowest BCUT2D eigenvalue weighted by Gasteiger charge is -2.09. The van der Waals surface area contributed by atoms with Gasteiger partial charge in [0.05, 0.1) is 6.20 Å². The molecule has 24 heavy (non-hydrogen) atoms. The number of benzene rings is 2. The van der Waals surface area contributed by atoms with E-state index in [1.807, 2.05) is 36.7 Å². The van der Waals surface area contributed by atoms with Crippen LogP contribution in [0, 0.1) is 6.92 Å². The van der Waals surface area contributed by atoms with Crippen molar-refractivity contribution in [3.8, 4) is 11.3 Å². The van der Waals surface area contributed by atoms with Gasteiger partial charge in [0, 0.05) is 27.9 Å². The number of imidazole rings is 1. The third kappa shape index (κ3) is 2.90. The molecule has 0 spiro atoms. The minimum atomic E-state index is 0.692. The van der Waals surface area contributed by atoms with Crippen LogP contribution in [0.3, 0.4) is 0 Å². The highest BCUT2D eigenvalue weighted by Gasteiger charge is 2.11. The van der Waals surface area contributed by atoms with E-state index in [4.69, 9.17) is 11.6 Å². The van der Waals surface area contributed by atoms with Gasteiger partial charge in [-0.2, -0.15) is 0 Å². The number of nitrogens with zero attached hydrogens (tertiary/aromatic N) is 3. The summed E-state index contributed by atoms with van der Waals surface area (Å²) in [7, 11) is 0. The minimum Gasteiger partial charge on any atom is -0.291 e. The third-order valence-corrected chi connectivity index (χ3v) is 4.99. The van der Waals surface area contributed by atoms with Crippen LogP contribution >= 0.6 is 23.4 Å². The van der Waals surface area contributed by atoms with Crippen LogP contribution in [0.2, 0.25) is 5.02 Å². The first-order valence-corrected chi connectivity index (χ1v) is 8.73. The topological polar surface area (TPSA) is 30.2 Å². The van der Waals surface area contributed by atoms with E-state index in [0.717, 1.165) is 21.9 Å². The molecule has 5 heteroatoms. The van der Waals surface area contributed by atoms with E-state index < -0.39 is 0 Å². The Balaban J connectivity index is 1.78. The summed E-state index contributed by atoms with van der Waals surface area (Å²) in [5.74, 6) is 0. The lowest BCUT2D eigenvalue weighted by Crippen LogP contribution is -1.95. The molecule has 2 aromatic carbocycles. The Morgan fingerprint density at radius 2 is 1.88 bits per heavy atom. The molecule has 3 nitrogen and oxygen atoms in total. The number of halogens is 1. The molecule has 4 rings (SSSR count). The minimum absolute atomic E-state index is 0.692. The molecular weight excluding hydrogens is 338 g/mol. The first-order valence-electron chi connectivity index (χ1n) is 7.53. The molecular formula is C19H14ClN3S. The van der Waals surface area contributed by atoms with Gasteiger partial charge in [0.25, 0.3) is 0 Å². The Kier molecular flexibility index (Phi) is 4.00. The maximum Gasteiger partial charge on any atom is 0.164 e. The molecule has 0 saturated heterocycles. The Labute approximate surface area is 149 Å². The average molecular weight is 352 g/mol. The standard InChI is InChI=1S/C19H14ClN3S/c1-13-5-7-16(8-6-13)24-17-12-22-18(19-21-9-10-23(17)19)14-3-2-4-15(20)11-14/h2-12H,1H3. The molecule has 0 N–H and O–H groups in total. The first kappa shape index (κ1) is 15.2. The van der Waals surface area contributed by atoms with Crippen molar-refractivity contribution in [1.82, 2.24) is 14.4 Å². The van der Waals surface area contributed by atoms with Crippen LogP contribution in [0.1, 0.15) is 5.56 Å². The summed E-state index contributed by atoms with van der Waals surface area (Å²) < 4.78 is 2.06. The molecule has 2 heterocycles. The van der Waals surface area contributed by atoms with Crippen LogP contribution in [0.4, 0.5) is 0 Å². The fraction of sp³-hybridized carbons (Fsp3) is 0.0526. The number of hydrogen-bond donors (Lipinski definition) is 0. The van der Waals surface area contributed by atoms with Crippen LogP contribution in [-0.4, -0.2) is 14.4 Å². The molecule has 0 radical (unpaired) electrons. The van der Waals surface area contributed by atoms with Crippen LogP contribution < -0.4 is 0 Å². The predicted octanol–water partition coefficient (Wildman–Crippen LogP) is 5.51. The zero-order valence-corrected chi connectivity index (χ0v) is 14.6. The molecule has 2 aromatic heterocycles. The molecule has 0 saturated carbocycles. The van der Waals surface area contributed by atoms with E-state index >= 15 is 0 Å². The van der Waals surface area contributed by atoms with Gasteiger partial charge in [-0.05, 0) is 31.2 Å². The second kappa shape index (κ2) is 6.30. The molecule has 0 aliphatic rings. The van der Waals surface area contributed by atoms with Gasteiger partial charge in [0.1, 0.15) is 10.7 Å². The quantitative estimate of drug-likeness (QED) is 0.487. The number of rotatable bonds is 3. The Morgan fingerprint density at radius 3 is 2.67 bits per heavy atom. The van der Waals surface area contributed by atoms with Crippen molar-refractivity contribution in [2.24, 2.45) is 0 Å². The zero-order chi connectivity index (χ0) is 16.5. The van der Waals surface area contributed by atoms with E-state index in [1.54, 1.807) is 18.0 Å². The van der Waals surface area contributed by atoms with Gasteiger partial charge in [0.2, 0.25) is 0 Å². The first-order chi connectivity index (χ1) is 11.7. The Morgan fingerprint density at radius 1 is 1.04 bits per heavy atom. The van der Waals surface area contributed by atoms with E-state index in [-0.39, 0.29) is 0 Å². The van der Waals surface area contributed by atoms with Crippen LogP contribution in [0.5, 0.6) is 0 Å². The maximum absolute atomic E-state index is 6.11. The van der Waals surface area contributed by atoms with Gasteiger partial charge in [0.15, 0.2) is 5.65 Å². The number of fused-ring (bicyclic) bond motifs is 1. The number of aromatic nitrogens is 3. The van der Waals surface area contributed by atoms with Gasteiger partial charge in [-0.25, -0.2) is 9.97 Å². The highest BCUT2D eigenvalue weighted by Crippen LogP contribution is 2.31. The van der Waals surface area contributed by atoms with Crippen molar-refractivity contribution in [2.75, 3.05) is 0 Å². The van der Waals surface area contributed by atoms with Crippen LogP contribution in [-0.2, 0) is 0 Å². The van der Waals surface area contributed by atoms with Gasteiger partial charge in [-0.3, -0.25) is 4.40 Å². The highest BCUT2D eigenvalue weighted by molar-refractivity contribution is 7.99. The lowest BCUT2D eigenvalue weighted by molar-refractivity contribution is 0.984. The Hall–Kier alpha value is -2.30. The van der Waals surface area contributed by atoms with Crippen LogP contribution in [0.25, 0.3) is 16.9 Å². The summed E-state index contributed by atoms with van der Waals surface area (Å²) in [6.07, 6.45) is 5.64. The van der Waals surface area contributed by atoms with Crippen molar-refractivity contribution in [1.29, 1.82) is 0 Å². The fourth-order valence-electron chi connectivity index (χ4n) is 2.54. The van der Waals surface area contributed by atoms with Gasteiger partial charge < -0.3 is 0 Å². The van der Waals surface area contributed by atoms with E-state index in [9.17, 15) is 0 Å². The summed E-state index contributed by atoms with van der Waals surface area (Å²) in [6.45, 7) is 2.09. The van der Waals surface area contributed by atoms with E-state index in [2.05, 4.69) is 45.6 Å². The Bertz CT molecular complexity index is 1010. The summed E-state index contributed by atoms with van der Waals surface area (Å²) in [5.41, 5.74) is 3.87. The van der Waals surface area contributed by atoms with Crippen molar-refractivity contribution in [3.63, 3.8) is 0 Å². The van der Waals surface area contributed by atoms with Crippen LogP contribution in [0.15, 0.2) is 77.0 Å². The summed E-state index contributed by atoms with van der Waals surface area (Å²) >= 11 is 7.78. The smallest absolute Gasteiger partial charge is 0.164 e. The monoisotopic (exact) mass is 351 g/mol. The zero-order valence-electron chi connectivity index (χ0n) is 13.0. The van der Waals surface area contributed by atoms with Gasteiger partial charge >= 0.3 is 0 Å². The predicted molar refractivity (Wildman–Crippen MR) is 98.7 cm³/mol. The van der Waals surface area contributed by atoms with E-state index in [0.29, 0.717) is 5.02 Å². The summed E-state index contributed by atoms with van der Waals surface area (Å²) in [5, 5.41) is 1.72. The normalized spacial score (nSPS) is 11.1. The molecule has 0 aliphatic heterocycles. The van der Waals surface area contributed by atoms with Gasteiger partial charge in [-0.1, -0.05) is 53.2 Å². The molecule has 0 atom stereocenters. The summed E-state index contributed by atoms with van der Waals surface area (Å²) in [6, 6.07) is 16.1. The summed E-state index contributed by atoms with van der Waals surface area (Å²) in [4.78, 5) is 10.3. The highest BCUT2D eigenvalue weighted by atomic mass is 35.5. The van der Waals surface area contributed by atoms with E-state index in [1.165, 1.54) is 10.5 Å². The van der Waals surface area contributed by atoms with Gasteiger partial charge in [-0.15, -0.1) is 0 Å². The van der Waals surface area contributed by atoms with Crippen molar-refractivity contribution < 1.29 is 0 Å². The molecule has 0 unspecified atom stereocenters. The number of hydrogen-bond acceptors (Lipinski definition) is 3. The molecule has 0 amide bonds. The van der Waals surface area contributed by atoms with Crippen molar-refractivity contribution in [3.05, 3.63) is 77.7 Å². The SMILES string of the molecule is Cc1ccc(Sc2cnc(-c3cccc(Cl)c3)c3nccn23)cc1. The largest absolute Gasteiger partial charge is 0.291 e. The molecule has 0 bridgehead atoms. The van der Waals surface area contributed by atoms with Crippen molar-refractivity contribution in [2.45, 2.75) is 16.8 Å². The molecule has 118 valence electrons. The fourth-order valence-corrected chi connectivity index (χ4v) is 3.59. The average Bonchev–Trinajstić information content (AvgIpc) is 3.07. The third-order valence-electron chi connectivity index (χ3n) is 3.74. The number of aryl methyl sites for hydroxylation is 1. The molecule has 0 aliphatic carbocycles. The lowest BCUT2D eigenvalue weighted by atomic mass is 10.1. The maximum atomic E-state index is 6.11.